The topological polar surface area (TPSA) is 61.4 Å². The number of carbonyl (C=O) groups excluding carboxylic acids is 2. The van der Waals surface area contributed by atoms with Gasteiger partial charge in [-0.1, -0.05) is 53.0 Å². The number of rotatable bonds is 6. The van der Waals surface area contributed by atoms with Crippen LogP contribution in [0.5, 0.6) is 0 Å². The summed E-state index contributed by atoms with van der Waals surface area (Å²) < 4.78 is 0. The van der Waals surface area contributed by atoms with Crippen molar-refractivity contribution >= 4 is 63.7 Å². The first-order chi connectivity index (χ1) is 14.3. The van der Waals surface area contributed by atoms with Gasteiger partial charge in [0.2, 0.25) is 5.91 Å². The number of benzene rings is 3. The molecular weight excluding hydrogens is 445 g/mol. The van der Waals surface area contributed by atoms with Crippen LogP contribution in [-0.4, -0.2) is 25.4 Å². The average Bonchev–Trinajstić information content (AvgIpc) is 2.76. The molecule has 0 aromatic heterocycles. The minimum Gasteiger partial charge on any atom is -0.376 e. The summed E-state index contributed by atoms with van der Waals surface area (Å²) in [6, 6.07) is 19.2. The van der Waals surface area contributed by atoms with Crippen LogP contribution in [0.2, 0.25) is 15.1 Å². The number of para-hydroxylation sites is 1. The highest BCUT2D eigenvalue weighted by molar-refractivity contribution is 6.44. The zero-order valence-electron chi connectivity index (χ0n) is 16.0. The van der Waals surface area contributed by atoms with Crippen LogP contribution in [0.4, 0.5) is 17.1 Å². The van der Waals surface area contributed by atoms with Crippen molar-refractivity contribution in [1.82, 2.24) is 0 Å². The highest BCUT2D eigenvalue weighted by Gasteiger charge is 2.13. The molecule has 8 heteroatoms. The van der Waals surface area contributed by atoms with Crippen LogP contribution in [0.3, 0.4) is 0 Å². The molecule has 0 aliphatic heterocycles. The normalized spacial score (nSPS) is 10.4. The fraction of sp³-hybridized carbons (Fsp3) is 0.0909. The van der Waals surface area contributed by atoms with Gasteiger partial charge in [-0.25, -0.2) is 0 Å². The van der Waals surface area contributed by atoms with Gasteiger partial charge in [0, 0.05) is 24.0 Å². The van der Waals surface area contributed by atoms with E-state index in [4.69, 9.17) is 34.8 Å². The summed E-state index contributed by atoms with van der Waals surface area (Å²) in [5.41, 5.74) is 2.42. The van der Waals surface area contributed by atoms with Gasteiger partial charge in [-0.05, 0) is 48.5 Å². The molecule has 30 heavy (non-hydrogen) atoms. The van der Waals surface area contributed by atoms with Crippen molar-refractivity contribution in [2.75, 3.05) is 29.1 Å². The van der Waals surface area contributed by atoms with E-state index in [1.807, 2.05) is 30.3 Å². The van der Waals surface area contributed by atoms with Crippen molar-refractivity contribution in [1.29, 1.82) is 0 Å². The lowest BCUT2D eigenvalue weighted by Gasteiger charge is -2.17. The van der Waals surface area contributed by atoms with Crippen LogP contribution in [-0.2, 0) is 4.79 Å². The van der Waals surface area contributed by atoms with Gasteiger partial charge in [0.1, 0.15) is 0 Å². The van der Waals surface area contributed by atoms with Crippen molar-refractivity contribution in [3.63, 3.8) is 0 Å². The third kappa shape index (κ3) is 5.45. The van der Waals surface area contributed by atoms with E-state index in [0.717, 1.165) is 5.69 Å². The van der Waals surface area contributed by atoms with Crippen molar-refractivity contribution in [3.05, 3.63) is 87.4 Å². The lowest BCUT2D eigenvalue weighted by molar-refractivity contribution is -0.114. The zero-order chi connectivity index (χ0) is 21.7. The maximum atomic E-state index is 12.6. The first-order valence-electron chi connectivity index (χ1n) is 8.96. The minimum absolute atomic E-state index is 0.00772. The predicted octanol–water partition coefficient (Wildman–Crippen LogP) is 5.97. The Morgan fingerprint density at radius 3 is 2.17 bits per heavy atom. The number of halogens is 3. The van der Waals surface area contributed by atoms with E-state index in [9.17, 15) is 9.59 Å². The standard InChI is InChI=1S/C22H18Cl3N3O2/c1-28(16-5-3-2-4-6-16)22(30)14-7-9-15(10-8-14)26-13-21(29)27-20-12-18(24)17(23)11-19(20)25/h2-12,26H,13H2,1H3,(H,27,29). The number of amides is 2. The molecule has 0 saturated heterocycles. The number of anilines is 3. The molecule has 3 aromatic carbocycles. The third-order valence-electron chi connectivity index (χ3n) is 4.32. The van der Waals surface area contributed by atoms with Crippen LogP contribution in [0.15, 0.2) is 66.7 Å². The van der Waals surface area contributed by atoms with E-state index in [1.165, 1.54) is 12.1 Å². The fourth-order valence-electron chi connectivity index (χ4n) is 2.69. The van der Waals surface area contributed by atoms with Gasteiger partial charge in [-0.2, -0.15) is 0 Å². The minimum atomic E-state index is -0.306. The SMILES string of the molecule is CN(C(=O)c1ccc(NCC(=O)Nc2cc(Cl)c(Cl)cc2Cl)cc1)c1ccccc1. The summed E-state index contributed by atoms with van der Waals surface area (Å²) in [7, 11) is 1.72. The third-order valence-corrected chi connectivity index (χ3v) is 5.35. The summed E-state index contributed by atoms with van der Waals surface area (Å²) in [6.45, 7) is 0.00772. The molecule has 0 saturated carbocycles. The molecule has 0 heterocycles. The lowest BCUT2D eigenvalue weighted by atomic mass is 10.1. The first kappa shape index (κ1) is 22.0. The van der Waals surface area contributed by atoms with E-state index < -0.39 is 0 Å². The molecule has 2 amide bonds. The largest absolute Gasteiger partial charge is 0.376 e. The summed E-state index contributed by atoms with van der Waals surface area (Å²) in [6.07, 6.45) is 0. The van der Waals surface area contributed by atoms with Crippen LogP contribution in [0.1, 0.15) is 10.4 Å². The van der Waals surface area contributed by atoms with Gasteiger partial charge in [-0.3, -0.25) is 9.59 Å². The molecule has 5 nitrogen and oxygen atoms in total. The van der Waals surface area contributed by atoms with Crippen LogP contribution in [0.25, 0.3) is 0 Å². The maximum Gasteiger partial charge on any atom is 0.258 e. The van der Waals surface area contributed by atoms with Gasteiger partial charge in [0.05, 0.1) is 27.3 Å². The molecule has 0 aliphatic rings. The van der Waals surface area contributed by atoms with E-state index in [-0.39, 0.29) is 18.4 Å². The number of hydrogen-bond acceptors (Lipinski definition) is 3. The van der Waals surface area contributed by atoms with Gasteiger partial charge in [-0.15, -0.1) is 0 Å². The average molecular weight is 463 g/mol. The summed E-state index contributed by atoms with van der Waals surface area (Å²) in [4.78, 5) is 26.4. The molecule has 3 rings (SSSR count). The Morgan fingerprint density at radius 2 is 1.50 bits per heavy atom. The highest BCUT2D eigenvalue weighted by Crippen LogP contribution is 2.32. The van der Waals surface area contributed by atoms with Crippen molar-refractivity contribution in [3.8, 4) is 0 Å². The summed E-state index contributed by atoms with van der Waals surface area (Å²) in [5, 5.41) is 6.57. The quantitative estimate of drug-likeness (QED) is 0.443. The second kappa shape index (κ2) is 9.85. The van der Waals surface area contributed by atoms with Crippen molar-refractivity contribution in [2.24, 2.45) is 0 Å². The second-order valence-corrected chi connectivity index (χ2v) is 7.65. The molecule has 0 aliphatic carbocycles. The van der Waals surface area contributed by atoms with E-state index in [1.54, 1.807) is 36.2 Å². The van der Waals surface area contributed by atoms with Gasteiger partial charge >= 0.3 is 0 Å². The molecule has 2 N–H and O–H groups in total. The Hall–Kier alpha value is -2.73. The van der Waals surface area contributed by atoms with Gasteiger partial charge < -0.3 is 15.5 Å². The highest BCUT2D eigenvalue weighted by atomic mass is 35.5. The van der Waals surface area contributed by atoms with Gasteiger partial charge in [0.25, 0.3) is 5.91 Å². The fourth-order valence-corrected chi connectivity index (χ4v) is 3.28. The monoisotopic (exact) mass is 461 g/mol. The van der Waals surface area contributed by atoms with Crippen LogP contribution < -0.4 is 15.5 Å². The molecule has 0 atom stereocenters. The Morgan fingerprint density at radius 1 is 0.867 bits per heavy atom. The Labute approximate surface area is 189 Å². The predicted molar refractivity (Wildman–Crippen MR) is 124 cm³/mol. The molecular formula is C22H18Cl3N3O2. The Bertz CT molecular complexity index is 1060. The number of hydrogen-bond donors (Lipinski definition) is 2. The lowest BCUT2D eigenvalue weighted by Crippen LogP contribution is -2.26. The van der Waals surface area contributed by atoms with E-state index in [2.05, 4.69) is 10.6 Å². The first-order valence-corrected chi connectivity index (χ1v) is 10.1. The number of carbonyl (C=O) groups is 2. The molecule has 0 spiro atoms. The molecule has 0 radical (unpaired) electrons. The van der Waals surface area contributed by atoms with Crippen molar-refractivity contribution in [2.45, 2.75) is 0 Å². The second-order valence-electron chi connectivity index (χ2n) is 6.42. The number of nitrogens with one attached hydrogen (secondary N) is 2. The molecule has 0 bridgehead atoms. The molecule has 154 valence electrons. The van der Waals surface area contributed by atoms with E-state index in [0.29, 0.717) is 32.0 Å². The smallest absolute Gasteiger partial charge is 0.258 e. The van der Waals surface area contributed by atoms with Crippen LogP contribution in [0, 0.1) is 0 Å². The molecule has 0 fully saturated rings. The summed E-state index contributed by atoms with van der Waals surface area (Å²) in [5.74, 6) is -0.431. The number of nitrogens with zero attached hydrogens (tertiary/aromatic N) is 1. The van der Waals surface area contributed by atoms with Crippen molar-refractivity contribution < 1.29 is 9.59 Å². The Kier molecular flexibility index (Phi) is 7.21. The van der Waals surface area contributed by atoms with Gasteiger partial charge in [0.15, 0.2) is 0 Å². The zero-order valence-corrected chi connectivity index (χ0v) is 18.2. The molecule has 3 aromatic rings. The van der Waals surface area contributed by atoms with Crippen LogP contribution >= 0.6 is 34.8 Å². The summed E-state index contributed by atoms with van der Waals surface area (Å²) >= 11 is 17.9. The van der Waals surface area contributed by atoms with E-state index >= 15 is 0 Å². The molecule has 0 unspecified atom stereocenters. The Balaban J connectivity index is 1.57. The maximum absolute atomic E-state index is 12.6.